The molecule has 1 aromatic heterocycles. The van der Waals surface area contributed by atoms with Crippen LogP contribution < -0.4 is 4.74 Å². The van der Waals surface area contributed by atoms with Gasteiger partial charge in [-0.05, 0) is 80.8 Å². The standard InChI is InChI=1S/C26H33N3O2/c30-26(24-13-3-5-14-27-24)29-18-21-9-4-6-15-28(25(21)19-29)17-20-8-7-12-23(16-20)31-22-10-1-2-11-22/h3,5,7-8,12-14,16,21-22,25H,1-2,4,6,9-11,15,17-19H2/t21-,25+/m0/s1. The van der Waals surface area contributed by atoms with Gasteiger partial charge >= 0.3 is 0 Å². The number of likely N-dealkylation sites (tertiary alicyclic amines) is 2. The molecule has 3 fully saturated rings. The maximum Gasteiger partial charge on any atom is 0.272 e. The zero-order valence-electron chi connectivity index (χ0n) is 18.3. The van der Waals surface area contributed by atoms with Crippen LogP contribution in [0.5, 0.6) is 5.75 Å². The van der Waals surface area contributed by atoms with Crippen molar-refractivity contribution >= 4 is 5.91 Å². The number of aromatic nitrogens is 1. The van der Waals surface area contributed by atoms with E-state index in [1.807, 2.05) is 23.1 Å². The van der Waals surface area contributed by atoms with Crippen LogP contribution >= 0.6 is 0 Å². The average Bonchev–Trinajstić information content (AvgIpc) is 3.43. The Morgan fingerprint density at radius 2 is 1.87 bits per heavy atom. The molecule has 2 aliphatic heterocycles. The van der Waals surface area contributed by atoms with Gasteiger partial charge in [-0.1, -0.05) is 24.6 Å². The molecule has 5 nitrogen and oxygen atoms in total. The zero-order chi connectivity index (χ0) is 21.0. The average molecular weight is 420 g/mol. The Morgan fingerprint density at radius 1 is 1.00 bits per heavy atom. The SMILES string of the molecule is O=C(c1ccccn1)N1C[C@@H]2CCCCN(Cc3cccc(OC4CCCC4)c3)[C@@H]2C1. The molecule has 1 saturated carbocycles. The number of fused-ring (bicyclic) bond motifs is 1. The molecule has 0 spiro atoms. The van der Waals surface area contributed by atoms with Crippen LogP contribution in [0.2, 0.25) is 0 Å². The van der Waals surface area contributed by atoms with Crippen LogP contribution in [-0.2, 0) is 6.54 Å². The Labute approximate surface area is 185 Å². The molecule has 3 aliphatic rings. The summed E-state index contributed by atoms with van der Waals surface area (Å²) in [7, 11) is 0. The summed E-state index contributed by atoms with van der Waals surface area (Å²) in [5, 5.41) is 0. The van der Waals surface area contributed by atoms with Crippen LogP contribution in [0.15, 0.2) is 48.7 Å². The molecule has 31 heavy (non-hydrogen) atoms. The Balaban J connectivity index is 1.27. The van der Waals surface area contributed by atoms with Gasteiger partial charge in [-0.3, -0.25) is 14.7 Å². The van der Waals surface area contributed by atoms with Gasteiger partial charge in [0.05, 0.1) is 6.10 Å². The van der Waals surface area contributed by atoms with Gasteiger partial charge < -0.3 is 9.64 Å². The van der Waals surface area contributed by atoms with Crippen molar-refractivity contribution in [2.75, 3.05) is 19.6 Å². The lowest BCUT2D eigenvalue weighted by molar-refractivity contribution is 0.0767. The molecular weight excluding hydrogens is 386 g/mol. The van der Waals surface area contributed by atoms with Gasteiger partial charge in [0, 0.05) is 31.9 Å². The number of ether oxygens (including phenoxy) is 1. The predicted molar refractivity (Wildman–Crippen MR) is 121 cm³/mol. The Hall–Kier alpha value is -2.40. The Kier molecular flexibility index (Phi) is 6.21. The van der Waals surface area contributed by atoms with Gasteiger partial charge in [0.15, 0.2) is 0 Å². The van der Waals surface area contributed by atoms with E-state index in [2.05, 4.69) is 34.1 Å². The molecule has 0 bridgehead atoms. The fraction of sp³-hybridized carbons (Fsp3) is 0.538. The highest BCUT2D eigenvalue weighted by Crippen LogP contribution is 2.32. The third-order valence-corrected chi connectivity index (χ3v) is 7.21. The smallest absolute Gasteiger partial charge is 0.272 e. The highest BCUT2D eigenvalue weighted by Gasteiger charge is 2.39. The number of hydrogen-bond acceptors (Lipinski definition) is 4. The molecule has 164 valence electrons. The van der Waals surface area contributed by atoms with Crippen LogP contribution in [-0.4, -0.2) is 52.5 Å². The van der Waals surface area contributed by atoms with Gasteiger partial charge in [-0.25, -0.2) is 0 Å². The van der Waals surface area contributed by atoms with E-state index >= 15 is 0 Å². The Bertz CT molecular complexity index is 881. The van der Waals surface area contributed by atoms with Gasteiger partial charge in [0.2, 0.25) is 0 Å². The first-order valence-electron chi connectivity index (χ1n) is 12.0. The number of hydrogen-bond donors (Lipinski definition) is 0. The van der Waals surface area contributed by atoms with Crippen LogP contribution in [0.3, 0.4) is 0 Å². The van der Waals surface area contributed by atoms with Crippen LogP contribution in [0.4, 0.5) is 0 Å². The lowest BCUT2D eigenvalue weighted by atomic mass is 9.98. The summed E-state index contributed by atoms with van der Waals surface area (Å²) in [6.07, 6.45) is 10.7. The summed E-state index contributed by atoms with van der Waals surface area (Å²) in [5.41, 5.74) is 1.87. The van der Waals surface area contributed by atoms with Crippen molar-refractivity contribution in [1.82, 2.24) is 14.8 Å². The minimum absolute atomic E-state index is 0.0700. The van der Waals surface area contributed by atoms with Crippen molar-refractivity contribution in [3.63, 3.8) is 0 Å². The van der Waals surface area contributed by atoms with E-state index in [1.54, 1.807) is 6.20 Å². The highest BCUT2D eigenvalue weighted by molar-refractivity contribution is 5.92. The summed E-state index contributed by atoms with van der Waals surface area (Å²) in [6, 6.07) is 14.7. The maximum absolute atomic E-state index is 13.0. The fourth-order valence-electron chi connectivity index (χ4n) is 5.60. The molecule has 0 radical (unpaired) electrons. The van der Waals surface area contributed by atoms with Gasteiger partial charge in [0.25, 0.3) is 5.91 Å². The summed E-state index contributed by atoms with van der Waals surface area (Å²) < 4.78 is 6.24. The first kappa shape index (κ1) is 20.5. The molecule has 2 aromatic rings. The van der Waals surface area contributed by atoms with E-state index in [0.717, 1.165) is 31.9 Å². The summed E-state index contributed by atoms with van der Waals surface area (Å²) in [4.78, 5) is 21.9. The van der Waals surface area contributed by atoms with E-state index < -0.39 is 0 Å². The topological polar surface area (TPSA) is 45.7 Å². The van der Waals surface area contributed by atoms with Crippen molar-refractivity contribution in [1.29, 1.82) is 0 Å². The lowest BCUT2D eigenvalue weighted by Gasteiger charge is -2.30. The summed E-state index contributed by atoms with van der Waals surface area (Å²) >= 11 is 0. The second-order valence-electron chi connectivity index (χ2n) is 9.39. The van der Waals surface area contributed by atoms with Crippen molar-refractivity contribution < 1.29 is 9.53 Å². The van der Waals surface area contributed by atoms with Crippen molar-refractivity contribution in [3.05, 3.63) is 59.9 Å². The van der Waals surface area contributed by atoms with Crippen LogP contribution in [0.1, 0.15) is 61.0 Å². The van der Waals surface area contributed by atoms with Crippen LogP contribution in [0, 0.1) is 5.92 Å². The molecule has 0 unspecified atom stereocenters. The van der Waals surface area contributed by atoms with Gasteiger partial charge in [-0.15, -0.1) is 0 Å². The maximum atomic E-state index is 13.0. The summed E-state index contributed by atoms with van der Waals surface area (Å²) in [5.74, 6) is 1.63. The second-order valence-corrected chi connectivity index (χ2v) is 9.39. The molecule has 1 amide bonds. The normalized spacial score (nSPS) is 24.7. The summed E-state index contributed by atoms with van der Waals surface area (Å²) in [6.45, 7) is 3.68. The lowest BCUT2D eigenvalue weighted by Crippen LogP contribution is -2.40. The van der Waals surface area contributed by atoms with Gasteiger partial charge in [-0.2, -0.15) is 0 Å². The number of rotatable bonds is 5. The minimum atomic E-state index is 0.0700. The number of amides is 1. The van der Waals surface area contributed by atoms with E-state index in [1.165, 1.54) is 50.5 Å². The molecular formula is C26H33N3O2. The van der Waals surface area contributed by atoms with Crippen LogP contribution in [0.25, 0.3) is 0 Å². The first-order valence-corrected chi connectivity index (χ1v) is 12.0. The predicted octanol–water partition coefficient (Wildman–Crippen LogP) is 4.53. The number of carbonyl (C=O) groups excluding carboxylic acids is 1. The van der Waals surface area contributed by atoms with Crippen molar-refractivity contribution in [3.8, 4) is 5.75 Å². The quantitative estimate of drug-likeness (QED) is 0.714. The van der Waals surface area contributed by atoms with Crippen molar-refractivity contribution in [2.24, 2.45) is 5.92 Å². The molecule has 1 aliphatic carbocycles. The molecule has 0 N–H and O–H groups in total. The van der Waals surface area contributed by atoms with E-state index in [0.29, 0.717) is 23.8 Å². The molecule has 2 atom stereocenters. The van der Waals surface area contributed by atoms with Crippen molar-refractivity contribution in [2.45, 2.75) is 63.6 Å². The zero-order valence-corrected chi connectivity index (χ0v) is 18.3. The van der Waals surface area contributed by atoms with Gasteiger partial charge in [0.1, 0.15) is 11.4 Å². The second kappa shape index (κ2) is 9.39. The third kappa shape index (κ3) is 4.77. The molecule has 5 heteroatoms. The number of benzene rings is 1. The third-order valence-electron chi connectivity index (χ3n) is 7.21. The molecule has 3 heterocycles. The molecule has 5 rings (SSSR count). The number of nitrogens with zero attached hydrogens (tertiary/aromatic N) is 3. The fourth-order valence-corrected chi connectivity index (χ4v) is 5.60. The molecule has 1 aromatic carbocycles. The highest BCUT2D eigenvalue weighted by atomic mass is 16.5. The van der Waals surface area contributed by atoms with E-state index in [4.69, 9.17) is 4.74 Å². The van der Waals surface area contributed by atoms with E-state index in [9.17, 15) is 4.79 Å². The Morgan fingerprint density at radius 3 is 2.71 bits per heavy atom. The minimum Gasteiger partial charge on any atom is -0.490 e. The number of carbonyl (C=O) groups is 1. The largest absolute Gasteiger partial charge is 0.490 e. The monoisotopic (exact) mass is 419 g/mol. The first-order chi connectivity index (χ1) is 15.3. The number of pyridine rings is 1. The molecule has 2 saturated heterocycles. The van der Waals surface area contributed by atoms with E-state index in [-0.39, 0.29) is 5.91 Å².